The smallest absolute Gasteiger partial charge is 0.236 e. The minimum absolute atomic E-state index is 0. The molecule has 6 heteroatoms. The van der Waals surface area contributed by atoms with Crippen LogP contribution in [0.5, 0.6) is 0 Å². The third kappa shape index (κ3) is 6.75. The summed E-state index contributed by atoms with van der Waals surface area (Å²) in [6.45, 7) is 2.33. The van der Waals surface area contributed by atoms with Crippen LogP contribution in [-0.2, 0) is 16.0 Å². The van der Waals surface area contributed by atoms with Crippen LogP contribution in [0.4, 0.5) is 4.39 Å². The third-order valence-electron chi connectivity index (χ3n) is 4.40. The number of methoxy groups -OCH3 is 1. The van der Waals surface area contributed by atoms with E-state index in [0.29, 0.717) is 32.3 Å². The second-order valence-corrected chi connectivity index (χ2v) is 6.07. The fourth-order valence-electron chi connectivity index (χ4n) is 3.10. The van der Waals surface area contributed by atoms with Gasteiger partial charge in [0.15, 0.2) is 0 Å². The minimum Gasteiger partial charge on any atom is -0.383 e. The Hall–Kier alpha value is -1.17. The zero-order valence-electron chi connectivity index (χ0n) is 14.3. The first-order valence-electron chi connectivity index (χ1n) is 8.44. The van der Waals surface area contributed by atoms with Gasteiger partial charge in [-0.1, -0.05) is 25.0 Å². The van der Waals surface area contributed by atoms with Crippen molar-refractivity contribution < 1.29 is 13.9 Å². The minimum atomic E-state index is -0.222. The number of carbonyl (C=O) groups excluding carboxylic acids is 1. The van der Waals surface area contributed by atoms with Crippen LogP contribution in [0.25, 0.3) is 0 Å². The summed E-state index contributed by atoms with van der Waals surface area (Å²) in [7, 11) is 1.65. The number of carbonyl (C=O) groups is 1. The monoisotopic (exact) mass is 358 g/mol. The Morgan fingerprint density at radius 2 is 1.96 bits per heavy atom. The molecule has 0 saturated heterocycles. The molecule has 0 radical (unpaired) electrons. The molecule has 0 unspecified atom stereocenters. The van der Waals surface area contributed by atoms with Gasteiger partial charge in [-0.3, -0.25) is 4.79 Å². The number of hydrogen-bond donors (Lipinski definition) is 1. The molecule has 1 aliphatic carbocycles. The van der Waals surface area contributed by atoms with Crippen molar-refractivity contribution >= 4 is 18.3 Å². The van der Waals surface area contributed by atoms with E-state index < -0.39 is 0 Å². The van der Waals surface area contributed by atoms with Gasteiger partial charge in [-0.2, -0.15) is 0 Å². The van der Waals surface area contributed by atoms with E-state index in [2.05, 4.69) is 5.32 Å². The Labute approximate surface area is 150 Å². The van der Waals surface area contributed by atoms with Crippen LogP contribution in [-0.4, -0.2) is 50.2 Å². The SMILES string of the molecule is COCCNCC(=O)N(CCc1ccc(F)cc1)C1CCCC1.Cl. The highest BCUT2D eigenvalue weighted by Crippen LogP contribution is 2.23. The molecule has 136 valence electrons. The molecule has 0 aromatic heterocycles. The van der Waals surface area contributed by atoms with Crippen molar-refractivity contribution in [2.75, 3.05) is 33.4 Å². The van der Waals surface area contributed by atoms with E-state index in [-0.39, 0.29) is 24.1 Å². The van der Waals surface area contributed by atoms with E-state index in [9.17, 15) is 9.18 Å². The van der Waals surface area contributed by atoms with E-state index in [4.69, 9.17) is 4.74 Å². The summed E-state index contributed by atoms with van der Waals surface area (Å²) >= 11 is 0. The fourth-order valence-corrected chi connectivity index (χ4v) is 3.10. The summed E-state index contributed by atoms with van der Waals surface area (Å²) in [5.41, 5.74) is 1.06. The van der Waals surface area contributed by atoms with E-state index in [1.807, 2.05) is 4.90 Å². The molecule has 0 bridgehead atoms. The number of hydrogen-bond acceptors (Lipinski definition) is 3. The van der Waals surface area contributed by atoms with Crippen LogP contribution >= 0.6 is 12.4 Å². The standard InChI is InChI=1S/C18H27FN2O2.ClH/c1-23-13-11-20-14-18(22)21(17-4-2-3-5-17)12-10-15-6-8-16(19)9-7-15;/h6-9,17,20H,2-5,10-14H2,1H3;1H. The summed E-state index contributed by atoms with van der Waals surface area (Å²) in [6, 6.07) is 6.90. The van der Waals surface area contributed by atoms with Gasteiger partial charge in [0.1, 0.15) is 5.82 Å². The molecule has 0 atom stereocenters. The predicted octanol–water partition coefficient (Wildman–Crippen LogP) is 2.80. The van der Waals surface area contributed by atoms with Gasteiger partial charge in [-0.15, -0.1) is 12.4 Å². The molecular formula is C18H28ClFN2O2. The second kappa shape index (κ2) is 11.4. The van der Waals surface area contributed by atoms with Crippen LogP contribution in [0.3, 0.4) is 0 Å². The van der Waals surface area contributed by atoms with Crippen LogP contribution in [0.15, 0.2) is 24.3 Å². The number of nitrogens with zero attached hydrogens (tertiary/aromatic N) is 1. The van der Waals surface area contributed by atoms with Crippen LogP contribution < -0.4 is 5.32 Å². The first kappa shape index (κ1) is 20.9. The lowest BCUT2D eigenvalue weighted by Crippen LogP contribution is -2.45. The quantitative estimate of drug-likeness (QED) is 0.690. The molecule has 1 aromatic carbocycles. The Bertz CT molecular complexity index is 478. The molecule has 24 heavy (non-hydrogen) atoms. The molecule has 0 heterocycles. The molecule has 0 spiro atoms. The molecule has 1 amide bonds. The van der Waals surface area contributed by atoms with Gasteiger partial charge < -0.3 is 15.0 Å². The molecule has 1 aliphatic rings. The molecule has 4 nitrogen and oxygen atoms in total. The highest BCUT2D eigenvalue weighted by Gasteiger charge is 2.25. The van der Waals surface area contributed by atoms with Gasteiger partial charge in [0.05, 0.1) is 13.2 Å². The maximum absolute atomic E-state index is 13.0. The first-order chi connectivity index (χ1) is 11.2. The van der Waals surface area contributed by atoms with E-state index in [1.54, 1.807) is 19.2 Å². The number of rotatable bonds is 9. The second-order valence-electron chi connectivity index (χ2n) is 6.07. The van der Waals surface area contributed by atoms with Gasteiger partial charge in [-0.25, -0.2) is 4.39 Å². The summed E-state index contributed by atoms with van der Waals surface area (Å²) in [5.74, 6) is -0.0741. The number of halogens is 2. The van der Waals surface area contributed by atoms with E-state index in [0.717, 1.165) is 24.8 Å². The van der Waals surface area contributed by atoms with E-state index in [1.165, 1.54) is 25.0 Å². The van der Waals surface area contributed by atoms with Gasteiger partial charge in [0, 0.05) is 26.2 Å². The van der Waals surface area contributed by atoms with E-state index >= 15 is 0 Å². The summed E-state index contributed by atoms with van der Waals surface area (Å²) in [6.07, 6.45) is 5.34. The number of nitrogens with one attached hydrogen (secondary N) is 1. The number of benzene rings is 1. The van der Waals surface area contributed by atoms with Crippen molar-refractivity contribution in [3.63, 3.8) is 0 Å². The Morgan fingerprint density at radius 1 is 1.29 bits per heavy atom. The highest BCUT2D eigenvalue weighted by atomic mass is 35.5. The first-order valence-corrected chi connectivity index (χ1v) is 8.44. The average molecular weight is 359 g/mol. The van der Waals surface area contributed by atoms with Gasteiger partial charge in [-0.05, 0) is 37.0 Å². The van der Waals surface area contributed by atoms with Crippen molar-refractivity contribution in [2.45, 2.75) is 38.1 Å². The Balaban J connectivity index is 0.00000288. The summed E-state index contributed by atoms with van der Waals surface area (Å²) in [4.78, 5) is 14.5. The zero-order valence-corrected chi connectivity index (χ0v) is 15.1. The number of amides is 1. The maximum Gasteiger partial charge on any atom is 0.236 e. The topological polar surface area (TPSA) is 41.6 Å². The number of ether oxygens (including phenoxy) is 1. The summed E-state index contributed by atoms with van der Waals surface area (Å²) in [5, 5.41) is 3.13. The Kier molecular flexibility index (Phi) is 9.91. The van der Waals surface area contributed by atoms with Crippen molar-refractivity contribution in [2.24, 2.45) is 0 Å². The van der Waals surface area contributed by atoms with Crippen molar-refractivity contribution in [3.8, 4) is 0 Å². The zero-order chi connectivity index (χ0) is 16.5. The van der Waals surface area contributed by atoms with Gasteiger partial charge in [0.25, 0.3) is 0 Å². The van der Waals surface area contributed by atoms with Crippen LogP contribution in [0.1, 0.15) is 31.2 Å². The van der Waals surface area contributed by atoms with Crippen LogP contribution in [0, 0.1) is 5.82 Å². The van der Waals surface area contributed by atoms with Crippen LogP contribution in [0.2, 0.25) is 0 Å². The van der Waals surface area contributed by atoms with Crippen molar-refractivity contribution in [1.82, 2.24) is 10.2 Å². The van der Waals surface area contributed by atoms with Crippen molar-refractivity contribution in [3.05, 3.63) is 35.6 Å². The Morgan fingerprint density at radius 3 is 2.58 bits per heavy atom. The largest absolute Gasteiger partial charge is 0.383 e. The molecule has 2 rings (SSSR count). The molecule has 1 fully saturated rings. The third-order valence-corrected chi connectivity index (χ3v) is 4.40. The van der Waals surface area contributed by atoms with Gasteiger partial charge in [0.2, 0.25) is 5.91 Å². The molecule has 1 aromatic rings. The highest BCUT2D eigenvalue weighted by molar-refractivity contribution is 5.85. The molecule has 1 N–H and O–H groups in total. The molecule has 1 saturated carbocycles. The molecular weight excluding hydrogens is 331 g/mol. The van der Waals surface area contributed by atoms with Crippen molar-refractivity contribution in [1.29, 1.82) is 0 Å². The summed E-state index contributed by atoms with van der Waals surface area (Å²) < 4.78 is 18.0. The van der Waals surface area contributed by atoms with Gasteiger partial charge >= 0.3 is 0 Å². The normalized spacial score (nSPS) is 14.4. The lowest BCUT2D eigenvalue weighted by molar-refractivity contribution is -0.132. The average Bonchev–Trinajstić information content (AvgIpc) is 3.08. The maximum atomic E-state index is 13.0. The predicted molar refractivity (Wildman–Crippen MR) is 96.1 cm³/mol. The fraction of sp³-hybridized carbons (Fsp3) is 0.611. The lowest BCUT2D eigenvalue weighted by atomic mass is 10.1. The molecule has 0 aliphatic heterocycles. The lowest BCUT2D eigenvalue weighted by Gasteiger charge is -2.29.